The average Bonchev–Trinajstić information content (AvgIpc) is 2.37. The average molecular weight is 288 g/mol. The summed E-state index contributed by atoms with van der Waals surface area (Å²) >= 11 is 0. The van der Waals surface area contributed by atoms with Gasteiger partial charge in [-0.25, -0.2) is 9.18 Å². The number of nitrogens with one attached hydrogen (secondary N) is 1. The van der Waals surface area contributed by atoms with Crippen molar-refractivity contribution < 1.29 is 28.4 Å². The van der Waals surface area contributed by atoms with Gasteiger partial charge in [0.1, 0.15) is 11.9 Å². The van der Waals surface area contributed by atoms with E-state index in [1.54, 1.807) is 0 Å². The number of amides is 1. The van der Waals surface area contributed by atoms with Crippen molar-refractivity contribution in [3.05, 3.63) is 39.4 Å². The molecule has 0 fully saturated rings. The minimum Gasteiger partial charge on any atom is -0.480 e. The molecule has 9 heteroatoms. The van der Waals surface area contributed by atoms with Gasteiger partial charge in [-0.15, -0.1) is 0 Å². The molecule has 7 nitrogen and oxygen atoms in total. The molecule has 1 aromatic carbocycles. The van der Waals surface area contributed by atoms with Crippen LogP contribution in [0.3, 0.4) is 0 Å². The third-order valence-corrected chi connectivity index (χ3v) is 2.47. The van der Waals surface area contributed by atoms with Crippen molar-refractivity contribution in [2.45, 2.75) is 19.4 Å². The SMILES string of the molecule is CC[C@@H](NC(=O)c1cc(F)cc([N+](=O)[O-])c1F)C(=O)O. The standard InChI is InChI=1S/C11H10F2N2O5/c1-2-7(11(17)18)14-10(16)6-3-5(12)4-8(9(6)13)15(19)20/h3-4,7H,2H2,1H3,(H,14,16)(H,17,18)/t7-/m1/s1. The Bertz CT molecular complexity index is 576. The van der Waals surface area contributed by atoms with Gasteiger partial charge in [-0.2, -0.15) is 4.39 Å². The molecule has 1 amide bonds. The Labute approximate surface area is 111 Å². The van der Waals surface area contributed by atoms with Crippen LogP contribution in [0.1, 0.15) is 23.7 Å². The van der Waals surface area contributed by atoms with Crippen LogP contribution in [-0.2, 0) is 4.79 Å². The molecule has 1 rings (SSSR count). The number of hydrogen-bond acceptors (Lipinski definition) is 4. The molecule has 0 radical (unpaired) electrons. The first-order valence-corrected chi connectivity index (χ1v) is 5.45. The lowest BCUT2D eigenvalue weighted by atomic mass is 10.1. The lowest BCUT2D eigenvalue weighted by Gasteiger charge is -2.12. The van der Waals surface area contributed by atoms with E-state index in [1.165, 1.54) is 6.92 Å². The zero-order valence-corrected chi connectivity index (χ0v) is 10.2. The number of carbonyl (C=O) groups is 2. The van der Waals surface area contributed by atoms with Crippen molar-refractivity contribution in [3.8, 4) is 0 Å². The molecule has 0 aliphatic carbocycles. The first-order valence-electron chi connectivity index (χ1n) is 5.45. The van der Waals surface area contributed by atoms with Crippen molar-refractivity contribution in [1.29, 1.82) is 0 Å². The zero-order valence-electron chi connectivity index (χ0n) is 10.2. The van der Waals surface area contributed by atoms with Crippen LogP contribution in [0.2, 0.25) is 0 Å². The normalized spacial score (nSPS) is 11.8. The largest absolute Gasteiger partial charge is 0.480 e. The molecule has 0 unspecified atom stereocenters. The van der Waals surface area contributed by atoms with Crippen LogP contribution in [0.4, 0.5) is 14.5 Å². The van der Waals surface area contributed by atoms with Gasteiger partial charge in [-0.3, -0.25) is 14.9 Å². The molecule has 0 aliphatic rings. The Morgan fingerprint density at radius 2 is 2.05 bits per heavy atom. The number of rotatable bonds is 5. The summed E-state index contributed by atoms with van der Waals surface area (Å²) in [6.45, 7) is 1.46. The summed E-state index contributed by atoms with van der Waals surface area (Å²) < 4.78 is 26.8. The Hall–Kier alpha value is -2.58. The number of nitro groups is 1. The van der Waals surface area contributed by atoms with Crippen LogP contribution in [-0.4, -0.2) is 27.9 Å². The van der Waals surface area contributed by atoms with Gasteiger partial charge in [-0.05, 0) is 12.5 Å². The molecule has 0 saturated heterocycles. The molecule has 0 spiro atoms. The summed E-state index contributed by atoms with van der Waals surface area (Å²) in [6.07, 6.45) is 0.0140. The van der Waals surface area contributed by atoms with Crippen LogP contribution >= 0.6 is 0 Å². The van der Waals surface area contributed by atoms with E-state index in [1.807, 2.05) is 5.32 Å². The highest BCUT2D eigenvalue weighted by atomic mass is 19.1. The van der Waals surface area contributed by atoms with Gasteiger partial charge in [0.05, 0.1) is 16.6 Å². The number of carboxylic acids is 1. The summed E-state index contributed by atoms with van der Waals surface area (Å²) in [5.41, 5.74) is -2.12. The van der Waals surface area contributed by atoms with E-state index in [2.05, 4.69) is 0 Å². The summed E-state index contributed by atoms with van der Waals surface area (Å²) in [6, 6.07) is -0.503. The second kappa shape index (κ2) is 6.04. The molecule has 0 aliphatic heterocycles. The molecular weight excluding hydrogens is 278 g/mol. The summed E-state index contributed by atoms with van der Waals surface area (Å²) in [4.78, 5) is 31.7. The topological polar surface area (TPSA) is 110 Å². The van der Waals surface area contributed by atoms with Crippen LogP contribution < -0.4 is 5.32 Å². The van der Waals surface area contributed by atoms with Crippen LogP contribution in [0.15, 0.2) is 12.1 Å². The molecular formula is C11H10F2N2O5. The Kier molecular flexibility index (Phi) is 4.68. The van der Waals surface area contributed by atoms with Crippen molar-refractivity contribution in [2.24, 2.45) is 0 Å². The quantitative estimate of drug-likeness (QED) is 0.629. The minimum absolute atomic E-state index is 0.0140. The van der Waals surface area contributed by atoms with E-state index in [0.29, 0.717) is 12.1 Å². The number of carboxylic acid groups (broad SMARTS) is 1. The molecule has 0 bridgehead atoms. The van der Waals surface area contributed by atoms with E-state index >= 15 is 0 Å². The molecule has 2 N–H and O–H groups in total. The maximum atomic E-state index is 13.7. The Morgan fingerprint density at radius 1 is 1.45 bits per heavy atom. The zero-order chi connectivity index (χ0) is 15.4. The maximum absolute atomic E-state index is 13.7. The number of halogens is 2. The third-order valence-electron chi connectivity index (χ3n) is 2.47. The van der Waals surface area contributed by atoms with Gasteiger partial charge in [0, 0.05) is 0 Å². The van der Waals surface area contributed by atoms with Crippen molar-refractivity contribution in [1.82, 2.24) is 5.32 Å². The Morgan fingerprint density at radius 3 is 2.50 bits per heavy atom. The number of carbonyl (C=O) groups excluding carboxylic acids is 1. The van der Waals surface area contributed by atoms with Crippen molar-refractivity contribution >= 4 is 17.6 Å². The number of nitrogens with zero attached hydrogens (tertiary/aromatic N) is 1. The number of benzene rings is 1. The highest BCUT2D eigenvalue weighted by Gasteiger charge is 2.26. The minimum atomic E-state index is -1.52. The summed E-state index contributed by atoms with van der Waals surface area (Å²) in [5, 5.41) is 21.2. The van der Waals surface area contributed by atoms with Gasteiger partial charge >= 0.3 is 11.7 Å². The summed E-state index contributed by atoms with van der Waals surface area (Å²) in [7, 11) is 0. The van der Waals surface area contributed by atoms with E-state index in [-0.39, 0.29) is 6.42 Å². The highest BCUT2D eigenvalue weighted by Crippen LogP contribution is 2.22. The lowest BCUT2D eigenvalue weighted by Crippen LogP contribution is -2.40. The molecule has 108 valence electrons. The van der Waals surface area contributed by atoms with E-state index in [4.69, 9.17) is 5.11 Å². The van der Waals surface area contributed by atoms with Crippen molar-refractivity contribution in [2.75, 3.05) is 0 Å². The lowest BCUT2D eigenvalue weighted by molar-refractivity contribution is -0.387. The highest BCUT2D eigenvalue weighted by molar-refractivity contribution is 5.97. The van der Waals surface area contributed by atoms with Gasteiger partial charge in [0.2, 0.25) is 5.82 Å². The molecule has 1 aromatic rings. The second-order valence-corrected chi connectivity index (χ2v) is 3.82. The fourth-order valence-electron chi connectivity index (χ4n) is 1.45. The first-order chi connectivity index (χ1) is 9.27. The molecule has 0 saturated carbocycles. The van der Waals surface area contributed by atoms with Crippen molar-refractivity contribution in [3.63, 3.8) is 0 Å². The monoisotopic (exact) mass is 288 g/mol. The van der Waals surface area contributed by atoms with Crippen LogP contribution in [0.25, 0.3) is 0 Å². The number of nitro benzene ring substituents is 1. The van der Waals surface area contributed by atoms with Crippen LogP contribution in [0.5, 0.6) is 0 Å². The molecule has 0 heterocycles. The Balaban J connectivity index is 3.16. The summed E-state index contributed by atoms with van der Waals surface area (Å²) in [5.74, 6) is -5.28. The predicted molar refractivity (Wildman–Crippen MR) is 62.2 cm³/mol. The van der Waals surface area contributed by atoms with E-state index in [9.17, 15) is 28.5 Å². The van der Waals surface area contributed by atoms with E-state index in [0.717, 1.165) is 0 Å². The molecule has 20 heavy (non-hydrogen) atoms. The number of aliphatic carboxylic acids is 1. The first kappa shape index (κ1) is 15.5. The fourth-order valence-corrected chi connectivity index (χ4v) is 1.45. The molecule has 1 atom stereocenters. The number of hydrogen-bond donors (Lipinski definition) is 2. The smallest absolute Gasteiger partial charge is 0.326 e. The van der Waals surface area contributed by atoms with Gasteiger partial charge in [-0.1, -0.05) is 6.92 Å². The predicted octanol–water partition coefficient (Wildman–Crippen LogP) is 1.47. The van der Waals surface area contributed by atoms with Gasteiger partial charge in [0.25, 0.3) is 5.91 Å². The van der Waals surface area contributed by atoms with E-state index < -0.39 is 45.7 Å². The third kappa shape index (κ3) is 3.25. The van der Waals surface area contributed by atoms with Crippen LogP contribution in [0, 0.1) is 21.7 Å². The van der Waals surface area contributed by atoms with Gasteiger partial charge in [0.15, 0.2) is 0 Å². The fraction of sp³-hybridized carbons (Fsp3) is 0.273. The van der Waals surface area contributed by atoms with Gasteiger partial charge < -0.3 is 10.4 Å². The second-order valence-electron chi connectivity index (χ2n) is 3.82. The molecule has 0 aromatic heterocycles. The maximum Gasteiger partial charge on any atom is 0.326 e.